The van der Waals surface area contributed by atoms with Crippen molar-refractivity contribution in [2.45, 2.75) is 197 Å². The second kappa shape index (κ2) is 40.1. The molecule has 0 radical (unpaired) electrons. The second-order valence-electron chi connectivity index (χ2n) is 31.1. The number of ether oxygens (including phenoxy) is 9. The number of benzene rings is 3. The van der Waals surface area contributed by atoms with Crippen molar-refractivity contribution in [2.24, 2.45) is 22.7 Å². The normalized spacial score (nSPS) is 21.8. The zero-order valence-corrected chi connectivity index (χ0v) is 69.9. The molecular weight excluding hydrogens is 1630 g/mol. The third-order valence-electron chi connectivity index (χ3n) is 21.1. The molecule has 6 amide bonds. The molecule has 0 unspecified atom stereocenters. The van der Waals surface area contributed by atoms with Crippen molar-refractivity contribution in [2.75, 3.05) is 55.7 Å². The van der Waals surface area contributed by atoms with Gasteiger partial charge >= 0.3 is 36.1 Å². The van der Waals surface area contributed by atoms with E-state index in [1.807, 2.05) is 40.7 Å². The minimum Gasteiger partial charge on any atom is -0.496 e. The summed E-state index contributed by atoms with van der Waals surface area (Å²) < 4.78 is 112. The first-order valence-electron chi connectivity index (χ1n) is 37.5. The smallest absolute Gasteiger partial charge is 0.408 e. The quantitative estimate of drug-likeness (QED) is 0.0133. The van der Waals surface area contributed by atoms with Gasteiger partial charge in [0, 0.05) is 89.0 Å². The Morgan fingerprint density at radius 3 is 1.44 bits per heavy atom. The number of methoxy groups -OCH3 is 6. The summed E-state index contributed by atoms with van der Waals surface area (Å²) in [5.74, 6) is -4.14. The number of hydrogen-bond donors (Lipinski definition) is 5. The first-order valence-corrected chi connectivity index (χ1v) is 39.7. The summed E-state index contributed by atoms with van der Waals surface area (Å²) in [6, 6.07) is 11.0. The lowest BCUT2D eigenvalue weighted by atomic mass is 9.85. The zero-order valence-electron chi connectivity index (χ0n) is 67.5. The van der Waals surface area contributed by atoms with E-state index in [1.54, 1.807) is 70.4 Å². The van der Waals surface area contributed by atoms with E-state index >= 15 is 0 Å². The van der Waals surface area contributed by atoms with E-state index in [4.69, 9.17) is 60.4 Å². The fourth-order valence-electron chi connectivity index (χ4n) is 14.7. The third-order valence-corrected chi connectivity index (χ3v) is 23.0. The van der Waals surface area contributed by atoms with E-state index in [0.717, 1.165) is 62.5 Å². The van der Waals surface area contributed by atoms with Gasteiger partial charge < -0.3 is 78.7 Å². The summed E-state index contributed by atoms with van der Waals surface area (Å²) in [6.45, 7) is 21.6. The van der Waals surface area contributed by atoms with Gasteiger partial charge in [0.25, 0.3) is 10.1 Å². The molecule has 0 bridgehead atoms. The molecule has 117 heavy (non-hydrogen) atoms. The SMILES string of the molecule is C=C[C@@H]1C[C@]1(NC(=O)[C@@H]1C[C@@H](Oc2cc(C(=O)OC)nc3cc(OC)c(C)cc23)CN1C(=O)[C@@H](NC(=O)OC1CCCC1)C(C)(C)C)C(=O)OC.C=C[C@@H]1C[C@]1(NC(=O)[C@@H]1C[C@H](OS(=O)(=O)c2ccc(Br)cc2)CN1C(=O)[C@@H](NC(=O)OC1CCCC1)C(C)(C)C)C(=O)OC.COC(=O)c1cc(=O)c2cc(C)c(OC)cc2[nH]1.FF.FF. The van der Waals surface area contributed by atoms with Crippen molar-refractivity contribution in [1.82, 2.24) is 41.0 Å². The van der Waals surface area contributed by atoms with E-state index in [2.05, 4.69) is 65.1 Å². The molecular formula is C80H101BrF4N8O23S. The number of fused-ring (bicyclic) bond motifs is 2. The number of likely N-dealkylation sites (tertiary alicyclic amines) is 2. The van der Waals surface area contributed by atoms with E-state index in [1.165, 1.54) is 69.6 Å². The molecule has 4 heterocycles. The Bertz CT molecular complexity index is 4690. The molecule has 10 atom stereocenters. The molecule has 0 spiro atoms. The molecule has 11 rings (SSSR count). The summed E-state index contributed by atoms with van der Waals surface area (Å²) in [5, 5.41) is 12.1. The van der Waals surface area contributed by atoms with Gasteiger partial charge in [-0.1, -0.05) is 69.6 Å². The van der Waals surface area contributed by atoms with Crippen molar-refractivity contribution in [3.05, 3.63) is 123 Å². The zero-order chi connectivity index (χ0) is 87.0. The van der Waals surface area contributed by atoms with Crippen LogP contribution in [0.1, 0.15) is 151 Å². The van der Waals surface area contributed by atoms with E-state index in [-0.39, 0.29) is 83.9 Å². The van der Waals surface area contributed by atoms with Gasteiger partial charge in [0.1, 0.15) is 76.5 Å². The van der Waals surface area contributed by atoms with E-state index in [9.17, 15) is 61.2 Å². The molecule has 5 N–H and O–H groups in total. The van der Waals surface area contributed by atoms with E-state index < -0.39 is 128 Å². The molecule has 2 aliphatic heterocycles. The number of carbonyl (C=O) groups excluding carboxylic acids is 10. The number of carbonyl (C=O) groups is 10. The lowest BCUT2D eigenvalue weighted by molar-refractivity contribution is -0.149. The predicted molar refractivity (Wildman–Crippen MR) is 419 cm³/mol. The summed E-state index contributed by atoms with van der Waals surface area (Å²) >= 11 is 3.27. The van der Waals surface area contributed by atoms with Gasteiger partial charge in [-0.2, -0.15) is 8.42 Å². The van der Waals surface area contributed by atoms with Crippen LogP contribution in [-0.2, 0) is 71.5 Å². The summed E-state index contributed by atoms with van der Waals surface area (Å²) in [4.78, 5) is 154. The first kappa shape index (κ1) is 93.7. The standard InChI is InChI=1S/C37H48N4O10.C30H40BrN3O9S.C13H13NO4.2F2/c1-9-21-18-37(21,34(45)49-8)40-31(42)27-15-23(19-41(27)32(43)30(36(3,4)5)39-35(46)51-22-12-10-11-13-22)50-29-17-26(33(44)48-7)38-25-16-28(47-6)20(2)14-24(25)29;1-6-18-16-30(18,27(37)41-5)33-25(35)23-15-21(43-44(39,40)22-13-11-19(31)12-14-22)17-34(23)26(36)24(29(2,3)4)32-28(38)42-20-9-7-8-10-20;1-7-4-8-9(6-12(7)17-2)14-10(5-11(8)15)13(16)18-3;2*1-2/h9,14,16-17,21-23,27,30H,1,10-13,15,18-19H2,2-8H3,(H,39,46)(H,40,42);6,11-14,18,20-21,23-24H,1,7-10,15-17H2,2-5H3,(H,32,38)(H,33,35);4-6H,1-3H3,(H,14,15);;/t21-,23-,27+,30-,37-;18-,21+,23+,24-,30-;;;/m11.../s1. The van der Waals surface area contributed by atoms with Crippen LogP contribution in [0.2, 0.25) is 0 Å². The van der Waals surface area contributed by atoms with Crippen LogP contribution in [0.3, 0.4) is 0 Å². The van der Waals surface area contributed by atoms with Crippen LogP contribution in [0, 0.1) is 36.5 Å². The largest absolute Gasteiger partial charge is 0.496 e. The Kier molecular flexibility index (Phi) is 32.2. The van der Waals surface area contributed by atoms with Gasteiger partial charge in [0.2, 0.25) is 23.6 Å². The van der Waals surface area contributed by atoms with Gasteiger partial charge in [-0.25, -0.2) is 33.8 Å². The number of pyridine rings is 2. The molecule has 4 saturated carbocycles. The molecule has 6 fully saturated rings. The number of aromatic nitrogens is 2. The van der Waals surface area contributed by atoms with Crippen LogP contribution >= 0.6 is 15.9 Å². The Labute approximate surface area is 682 Å². The van der Waals surface area contributed by atoms with Gasteiger partial charge in [0.15, 0.2) is 11.1 Å². The summed E-state index contributed by atoms with van der Waals surface area (Å²) in [6.07, 6.45) is 6.67. The van der Waals surface area contributed by atoms with E-state index in [0.29, 0.717) is 44.2 Å². The molecule has 37 heteroatoms. The number of amides is 6. The Balaban J connectivity index is 0.000000259. The second-order valence-corrected chi connectivity index (χ2v) is 33.6. The number of aromatic amines is 1. The average molecular weight is 1730 g/mol. The van der Waals surface area contributed by atoms with Crippen molar-refractivity contribution in [3.8, 4) is 17.2 Å². The maximum absolute atomic E-state index is 14.5. The van der Waals surface area contributed by atoms with Crippen molar-refractivity contribution < 1.29 is 121 Å². The van der Waals surface area contributed by atoms with Gasteiger partial charge in [-0.3, -0.25) is 28.2 Å². The number of alkyl carbamates (subject to hydrolysis) is 2. The highest BCUT2D eigenvalue weighted by Gasteiger charge is 2.63. The highest BCUT2D eigenvalue weighted by atomic mass is 79.9. The van der Waals surface area contributed by atoms with Gasteiger partial charge in [0.05, 0.1) is 71.2 Å². The van der Waals surface area contributed by atoms with Crippen LogP contribution in [-0.4, -0.2) is 203 Å². The number of rotatable bonds is 23. The summed E-state index contributed by atoms with van der Waals surface area (Å²) in [7, 11) is 3.78. The third kappa shape index (κ3) is 22.5. The topological polar surface area (TPSA) is 397 Å². The maximum Gasteiger partial charge on any atom is 0.408 e. The molecule has 6 aliphatic rings. The number of H-pyrrole nitrogens is 1. The van der Waals surface area contributed by atoms with Gasteiger partial charge in [-0.05, 0) is 136 Å². The Morgan fingerprint density at radius 2 is 1.03 bits per heavy atom. The van der Waals surface area contributed by atoms with Crippen LogP contribution < -0.4 is 40.9 Å². The Hall–Kier alpha value is -10.4. The van der Waals surface area contributed by atoms with Crippen LogP contribution in [0.4, 0.5) is 27.9 Å². The minimum absolute atomic E-state index is 0.00637. The van der Waals surface area contributed by atoms with Crippen LogP contribution in [0.25, 0.3) is 21.8 Å². The maximum atomic E-state index is 14.5. The fourth-order valence-corrected chi connectivity index (χ4v) is 16.0. The molecule has 4 aliphatic carbocycles. The molecule has 31 nitrogen and oxygen atoms in total. The molecule has 2 aromatic heterocycles. The first-order chi connectivity index (χ1) is 55.3. The number of nitrogens with zero attached hydrogens (tertiary/aromatic N) is 3. The van der Waals surface area contributed by atoms with Crippen molar-refractivity contribution >= 4 is 108 Å². The number of aryl methyl sites for hydroxylation is 2. The van der Waals surface area contributed by atoms with Crippen molar-refractivity contribution in [3.63, 3.8) is 0 Å². The number of halogens is 5. The average Bonchev–Trinajstić information content (AvgIpc) is 1.58. The highest BCUT2D eigenvalue weighted by Crippen LogP contribution is 2.47. The lowest BCUT2D eigenvalue weighted by Gasteiger charge is -2.35. The van der Waals surface area contributed by atoms with Crippen LogP contribution in [0.15, 0.2) is 100 Å². The monoisotopic (exact) mass is 1730 g/mol. The molecule has 2 saturated heterocycles. The Morgan fingerprint density at radius 1 is 0.590 bits per heavy atom. The molecule has 5 aromatic rings. The number of hydrogen-bond acceptors (Lipinski definition) is 24. The van der Waals surface area contributed by atoms with Crippen molar-refractivity contribution in [1.29, 1.82) is 0 Å². The summed E-state index contributed by atoms with van der Waals surface area (Å²) in [5.41, 5.74) is -1.73. The highest BCUT2D eigenvalue weighted by molar-refractivity contribution is 9.10. The van der Waals surface area contributed by atoms with Crippen LogP contribution in [0.5, 0.6) is 17.2 Å². The molecule has 3 aromatic carbocycles. The fraction of sp³-hybridized carbons (Fsp3) is 0.525. The van der Waals surface area contributed by atoms with Gasteiger partial charge in [-0.15, -0.1) is 13.2 Å². The number of esters is 4. The minimum atomic E-state index is -4.26. The predicted octanol–water partition coefficient (Wildman–Crippen LogP) is 10.8. The molecule has 640 valence electrons. The lowest BCUT2D eigenvalue weighted by Crippen LogP contribution is -2.59. The number of nitrogens with one attached hydrogen (secondary N) is 5.